The van der Waals surface area contributed by atoms with Gasteiger partial charge in [0.15, 0.2) is 5.03 Å². The molecular formula is C25H29N5O3S. The number of carbonyl (C=O) groups is 1. The summed E-state index contributed by atoms with van der Waals surface area (Å²) in [6, 6.07) is 13.7. The molecule has 1 saturated heterocycles. The number of hydrogen-bond donors (Lipinski definition) is 2. The normalized spacial score (nSPS) is 17.5. The fraction of sp³-hybridized carbons (Fsp3) is 0.320. The Hall–Kier alpha value is -3.46. The van der Waals surface area contributed by atoms with Gasteiger partial charge in [0.2, 0.25) is 9.84 Å². The number of nitrogens with two attached hydrogens (primary N) is 1. The predicted octanol–water partition coefficient (Wildman–Crippen LogP) is 4.09. The number of nitrogens with zero attached hydrogens (tertiary/aromatic N) is 3. The van der Waals surface area contributed by atoms with Crippen molar-refractivity contribution in [3.8, 4) is 0 Å². The van der Waals surface area contributed by atoms with E-state index in [0.29, 0.717) is 18.3 Å². The average molecular weight is 480 g/mol. The number of nitrogens with one attached hydrogen (secondary N) is 1. The Morgan fingerprint density at radius 2 is 1.91 bits per heavy atom. The summed E-state index contributed by atoms with van der Waals surface area (Å²) in [5.74, 6) is 0.183. The number of benzene rings is 1. The minimum atomic E-state index is -4.16. The van der Waals surface area contributed by atoms with Gasteiger partial charge in [-0.25, -0.2) is 18.4 Å². The molecule has 8 nitrogen and oxygen atoms in total. The molecule has 2 aromatic heterocycles. The SMILES string of the molecule is Cc1cccc(Nc2cccc(S(=O)(=O)c3ccnc(N4CC(C)CC4(C)C)c3C(N)=O)n2)c1. The zero-order chi connectivity index (χ0) is 24.7. The zero-order valence-corrected chi connectivity index (χ0v) is 20.6. The summed E-state index contributed by atoms with van der Waals surface area (Å²) in [4.78, 5) is 23.1. The molecule has 1 unspecified atom stereocenters. The number of aryl methyl sites for hydroxylation is 1. The lowest BCUT2D eigenvalue weighted by molar-refractivity contribution is 0.0997. The van der Waals surface area contributed by atoms with E-state index in [1.807, 2.05) is 49.9 Å². The van der Waals surface area contributed by atoms with Crippen LogP contribution in [0.15, 0.2) is 64.6 Å². The highest BCUT2D eigenvalue weighted by molar-refractivity contribution is 7.91. The van der Waals surface area contributed by atoms with Crippen LogP contribution < -0.4 is 16.0 Å². The molecule has 1 aliphatic rings. The van der Waals surface area contributed by atoms with Gasteiger partial charge in [-0.3, -0.25) is 4.79 Å². The molecule has 1 atom stereocenters. The third kappa shape index (κ3) is 4.48. The van der Waals surface area contributed by atoms with E-state index in [9.17, 15) is 13.2 Å². The fourth-order valence-electron chi connectivity index (χ4n) is 4.67. The number of anilines is 3. The summed E-state index contributed by atoms with van der Waals surface area (Å²) in [6.07, 6.45) is 2.29. The van der Waals surface area contributed by atoms with Gasteiger partial charge in [-0.15, -0.1) is 0 Å². The molecule has 3 heterocycles. The predicted molar refractivity (Wildman–Crippen MR) is 132 cm³/mol. The summed E-state index contributed by atoms with van der Waals surface area (Å²) in [6.45, 7) is 8.83. The second kappa shape index (κ2) is 8.72. The number of pyridine rings is 2. The molecule has 9 heteroatoms. The summed E-state index contributed by atoms with van der Waals surface area (Å²) < 4.78 is 27.3. The molecule has 1 aromatic carbocycles. The first-order valence-corrected chi connectivity index (χ1v) is 12.6. The molecule has 178 valence electrons. The van der Waals surface area contributed by atoms with Gasteiger partial charge in [-0.1, -0.05) is 25.1 Å². The number of carbonyl (C=O) groups excluding carboxylic acids is 1. The van der Waals surface area contributed by atoms with Crippen LogP contribution in [0.5, 0.6) is 0 Å². The summed E-state index contributed by atoms with van der Waals surface area (Å²) >= 11 is 0. The molecule has 3 aromatic rings. The van der Waals surface area contributed by atoms with Crippen LogP contribution in [0.1, 0.15) is 43.1 Å². The third-order valence-corrected chi connectivity index (χ3v) is 7.74. The molecule has 34 heavy (non-hydrogen) atoms. The van der Waals surface area contributed by atoms with Crippen molar-refractivity contribution >= 4 is 33.1 Å². The Kier molecular flexibility index (Phi) is 6.07. The van der Waals surface area contributed by atoms with Crippen LogP contribution in [-0.2, 0) is 9.84 Å². The molecule has 1 fully saturated rings. The largest absolute Gasteiger partial charge is 0.365 e. The highest BCUT2D eigenvalue weighted by Crippen LogP contribution is 2.39. The van der Waals surface area contributed by atoms with Crippen LogP contribution in [0.4, 0.5) is 17.3 Å². The first-order chi connectivity index (χ1) is 16.0. The number of amides is 1. The van der Waals surface area contributed by atoms with Crippen LogP contribution in [0.25, 0.3) is 0 Å². The van der Waals surface area contributed by atoms with Crippen LogP contribution in [0.2, 0.25) is 0 Å². The Morgan fingerprint density at radius 3 is 2.56 bits per heavy atom. The van der Waals surface area contributed by atoms with Gasteiger partial charge in [-0.2, -0.15) is 0 Å². The standard InChI is InChI=1S/C25H29N5O3S/c1-16-7-5-8-18(13-16)28-20-9-6-10-21(29-20)34(32,33)19-11-12-27-24(22(19)23(26)31)30-15-17(2)14-25(30,3)4/h5-13,17H,14-15H2,1-4H3,(H2,26,31)(H,28,29). The molecule has 1 aliphatic heterocycles. The molecular weight excluding hydrogens is 450 g/mol. The Labute approximate surface area is 200 Å². The highest BCUT2D eigenvalue weighted by atomic mass is 32.2. The van der Waals surface area contributed by atoms with E-state index in [1.165, 1.54) is 18.3 Å². The molecule has 0 spiro atoms. The summed E-state index contributed by atoms with van der Waals surface area (Å²) in [5.41, 5.74) is 7.17. The van der Waals surface area contributed by atoms with E-state index in [-0.39, 0.29) is 26.8 Å². The Morgan fingerprint density at radius 1 is 1.18 bits per heavy atom. The highest BCUT2D eigenvalue weighted by Gasteiger charge is 2.40. The van der Waals surface area contributed by atoms with Crippen molar-refractivity contribution in [2.45, 2.75) is 49.6 Å². The molecule has 1 amide bonds. The Balaban J connectivity index is 1.78. The second-order valence-corrected chi connectivity index (χ2v) is 11.3. The van der Waals surface area contributed by atoms with E-state index < -0.39 is 15.7 Å². The lowest BCUT2D eigenvalue weighted by Crippen LogP contribution is -2.40. The van der Waals surface area contributed by atoms with Crippen molar-refractivity contribution in [3.05, 3.63) is 65.9 Å². The number of hydrogen-bond acceptors (Lipinski definition) is 7. The average Bonchev–Trinajstić information content (AvgIpc) is 3.05. The maximum atomic E-state index is 13.7. The quantitative estimate of drug-likeness (QED) is 0.547. The maximum Gasteiger partial charge on any atom is 0.253 e. The molecule has 0 radical (unpaired) electrons. The van der Waals surface area contributed by atoms with Crippen molar-refractivity contribution in [2.75, 3.05) is 16.8 Å². The minimum Gasteiger partial charge on any atom is -0.365 e. The summed E-state index contributed by atoms with van der Waals surface area (Å²) in [7, 11) is -4.16. The maximum absolute atomic E-state index is 13.7. The van der Waals surface area contributed by atoms with Gasteiger partial charge < -0.3 is 16.0 Å². The van der Waals surface area contributed by atoms with Gasteiger partial charge in [0.1, 0.15) is 17.2 Å². The van der Waals surface area contributed by atoms with Crippen molar-refractivity contribution in [1.82, 2.24) is 9.97 Å². The van der Waals surface area contributed by atoms with Gasteiger partial charge in [0.25, 0.3) is 5.91 Å². The van der Waals surface area contributed by atoms with Crippen molar-refractivity contribution in [1.29, 1.82) is 0 Å². The zero-order valence-electron chi connectivity index (χ0n) is 19.7. The van der Waals surface area contributed by atoms with Crippen LogP contribution in [0, 0.1) is 12.8 Å². The van der Waals surface area contributed by atoms with E-state index in [1.54, 1.807) is 12.1 Å². The van der Waals surface area contributed by atoms with Gasteiger partial charge in [0.05, 0.1) is 4.90 Å². The number of rotatable bonds is 6. The topological polar surface area (TPSA) is 118 Å². The second-order valence-electron chi connectivity index (χ2n) is 9.46. The Bertz CT molecular complexity index is 1350. The van der Waals surface area contributed by atoms with Crippen LogP contribution in [0.3, 0.4) is 0 Å². The molecule has 3 N–H and O–H groups in total. The fourth-order valence-corrected chi connectivity index (χ4v) is 6.07. The molecule has 0 saturated carbocycles. The smallest absolute Gasteiger partial charge is 0.253 e. The van der Waals surface area contributed by atoms with Crippen molar-refractivity contribution in [2.24, 2.45) is 11.7 Å². The third-order valence-electron chi connectivity index (χ3n) is 6.05. The first-order valence-electron chi connectivity index (χ1n) is 11.1. The van der Waals surface area contributed by atoms with Crippen molar-refractivity contribution < 1.29 is 13.2 Å². The van der Waals surface area contributed by atoms with E-state index >= 15 is 0 Å². The van der Waals surface area contributed by atoms with Gasteiger partial charge >= 0.3 is 0 Å². The van der Waals surface area contributed by atoms with Crippen LogP contribution >= 0.6 is 0 Å². The van der Waals surface area contributed by atoms with Crippen molar-refractivity contribution in [3.63, 3.8) is 0 Å². The summed E-state index contributed by atoms with van der Waals surface area (Å²) in [5, 5.41) is 2.95. The van der Waals surface area contributed by atoms with E-state index in [4.69, 9.17) is 5.73 Å². The number of sulfone groups is 1. The number of aromatic nitrogens is 2. The monoisotopic (exact) mass is 479 g/mol. The first kappa shape index (κ1) is 23.7. The lowest BCUT2D eigenvalue weighted by atomic mass is 9.97. The minimum absolute atomic E-state index is 0.108. The molecule has 0 aliphatic carbocycles. The van der Waals surface area contributed by atoms with Gasteiger partial charge in [0, 0.05) is 24.0 Å². The van der Waals surface area contributed by atoms with E-state index in [0.717, 1.165) is 17.7 Å². The van der Waals surface area contributed by atoms with Crippen LogP contribution in [-0.4, -0.2) is 36.4 Å². The van der Waals surface area contributed by atoms with E-state index in [2.05, 4.69) is 22.2 Å². The molecule has 4 rings (SSSR count). The number of primary amides is 1. The molecule has 0 bridgehead atoms. The lowest BCUT2D eigenvalue weighted by Gasteiger charge is -2.33. The van der Waals surface area contributed by atoms with Gasteiger partial charge in [-0.05, 0) is 69.0 Å².